The van der Waals surface area contributed by atoms with Gasteiger partial charge in [0.15, 0.2) is 24.3 Å². The van der Waals surface area contributed by atoms with Gasteiger partial charge in [-0.05, 0) is 18.2 Å². The summed E-state index contributed by atoms with van der Waals surface area (Å²) in [5, 5.41) is 9.04. The molecule has 0 bridgehead atoms. The van der Waals surface area contributed by atoms with Gasteiger partial charge in [0.05, 0.1) is 17.5 Å². The van der Waals surface area contributed by atoms with E-state index in [0.29, 0.717) is 23.1 Å². The summed E-state index contributed by atoms with van der Waals surface area (Å²) in [7, 11) is 0. The van der Waals surface area contributed by atoms with Crippen molar-refractivity contribution in [3.63, 3.8) is 0 Å². The molecular weight excluding hydrogens is 309 g/mol. The molecule has 0 amide bonds. The molecule has 0 aliphatic heterocycles. The summed E-state index contributed by atoms with van der Waals surface area (Å²) in [6.07, 6.45) is 1.80. The molecule has 0 spiro atoms. The van der Waals surface area contributed by atoms with Crippen LogP contribution in [-0.2, 0) is 0 Å². The molecule has 1 aromatic carbocycles. The Labute approximate surface area is 128 Å². The van der Waals surface area contributed by atoms with E-state index in [1.807, 2.05) is 0 Å². The fourth-order valence-corrected chi connectivity index (χ4v) is 2.54. The molecule has 0 fully saturated rings. The topological polar surface area (TPSA) is 85.1 Å². The van der Waals surface area contributed by atoms with Crippen molar-refractivity contribution in [2.24, 2.45) is 0 Å². The third-order valence-corrected chi connectivity index (χ3v) is 3.59. The molecule has 0 saturated heterocycles. The standard InChI is InChI=1S/C14H8FN3O3S/c15-22-18-12(8-2-1-3-9(4-8)14(20)21)5-11-13(18)16-6-10(7-19)17-11/h1-7H,(H,20,21). The largest absolute Gasteiger partial charge is 0.478 e. The Morgan fingerprint density at radius 1 is 1.36 bits per heavy atom. The molecular formula is C14H8FN3O3S. The summed E-state index contributed by atoms with van der Waals surface area (Å²) in [5.74, 6) is -1.07. The number of carboxylic acids is 1. The molecule has 2 aromatic heterocycles. The molecule has 0 aliphatic carbocycles. The lowest BCUT2D eigenvalue weighted by atomic mass is 10.1. The minimum Gasteiger partial charge on any atom is -0.478 e. The fourth-order valence-electron chi connectivity index (χ4n) is 2.11. The lowest BCUT2D eigenvalue weighted by Gasteiger charge is -2.04. The first-order valence-electron chi connectivity index (χ1n) is 6.10. The summed E-state index contributed by atoms with van der Waals surface area (Å²) in [5.41, 5.74) is 1.76. The maximum absolute atomic E-state index is 13.3. The Morgan fingerprint density at radius 3 is 2.86 bits per heavy atom. The van der Waals surface area contributed by atoms with Crippen molar-refractivity contribution in [1.29, 1.82) is 0 Å². The molecule has 0 aliphatic rings. The van der Waals surface area contributed by atoms with Crippen molar-refractivity contribution in [1.82, 2.24) is 13.9 Å². The van der Waals surface area contributed by atoms with Crippen LogP contribution >= 0.6 is 12.3 Å². The van der Waals surface area contributed by atoms with Crippen molar-refractivity contribution >= 4 is 35.8 Å². The van der Waals surface area contributed by atoms with Crippen LogP contribution in [0.1, 0.15) is 20.8 Å². The van der Waals surface area contributed by atoms with E-state index >= 15 is 0 Å². The first kappa shape index (κ1) is 14.2. The minimum absolute atomic E-state index is 0.0675. The van der Waals surface area contributed by atoms with Crippen LogP contribution in [0.25, 0.3) is 22.4 Å². The number of benzene rings is 1. The van der Waals surface area contributed by atoms with Crippen molar-refractivity contribution in [3.05, 3.63) is 47.8 Å². The van der Waals surface area contributed by atoms with Gasteiger partial charge in [0, 0.05) is 5.56 Å². The molecule has 0 unspecified atom stereocenters. The van der Waals surface area contributed by atoms with Crippen LogP contribution in [0.4, 0.5) is 3.89 Å². The average molecular weight is 317 g/mol. The monoisotopic (exact) mass is 317 g/mol. The molecule has 0 radical (unpaired) electrons. The number of rotatable bonds is 4. The van der Waals surface area contributed by atoms with Gasteiger partial charge in [-0.2, -0.15) is 0 Å². The van der Waals surface area contributed by atoms with Crippen LogP contribution in [0.5, 0.6) is 0 Å². The second-order valence-corrected chi connectivity index (χ2v) is 4.90. The van der Waals surface area contributed by atoms with E-state index in [0.717, 1.165) is 0 Å². The maximum Gasteiger partial charge on any atom is 0.335 e. The number of aldehydes is 1. The van der Waals surface area contributed by atoms with Gasteiger partial charge in [-0.15, -0.1) is 3.89 Å². The van der Waals surface area contributed by atoms with E-state index in [2.05, 4.69) is 9.97 Å². The zero-order chi connectivity index (χ0) is 15.7. The van der Waals surface area contributed by atoms with Gasteiger partial charge in [0.2, 0.25) is 0 Å². The highest BCUT2D eigenvalue weighted by Crippen LogP contribution is 2.31. The summed E-state index contributed by atoms with van der Waals surface area (Å²) < 4.78 is 14.5. The van der Waals surface area contributed by atoms with Gasteiger partial charge in [0.25, 0.3) is 0 Å². The quantitative estimate of drug-likeness (QED) is 0.745. The SMILES string of the molecule is O=Cc1cnc2c(cc(-c3cccc(C(=O)O)c3)n2SF)n1. The van der Waals surface area contributed by atoms with Crippen LogP contribution in [0, 0.1) is 0 Å². The van der Waals surface area contributed by atoms with Gasteiger partial charge in [-0.25, -0.2) is 18.7 Å². The molecule has 2 heterocycles. The van der Waals surface area contributed by atoms with E-state index in [4.69, 9.17) is 5.11 Å². The third-order valence-electron chi connectivity index (χ3n) is 3.08. The zero-order valence-corrected chi connectivity index (χ0v) is 11.7. The van der Waals surface area contributed by atoms with Gasteiger partial charge in [0.1, 0.15) is 11.2 Å². The predicted molar refractivity (Wildman–Crippen MR) is 79.4 cm³/mol. The van der Waals surface area contributed by atoms with Gasteiger partial charge in [-0.1, -0.05) is 12.1 Å². The second-order valence-electron chi connectivity index (χ2n) is 4.40. The van der Waals surface area contributed by atoms with Crippen LogP contribution in [-0.4, -0.2) is 31.3 Å². The van der Waals surface area contributed by atoms with E-state index in [-0.39, 0.29) is 29.2 Å². The highest BCUT2D eigenvalue weighted by molar-refractivity contribution is 7.93. The molecule has 0 saturated carbocycles. The normalized spacial score (nSPS) is 10.8. The Bertz CT molecular complexity index is 894. The van der Waals surface area contributed by atoms with Crippen molar-refractivity contribution in [3.8, 4) is 11.3 Å². The van der Waals surface area contributed by atoms with Crippen LogP contribution in [0.2, 0.25) is 0 Å². The number of carboxylic acid groups (broad SMARTS) is 1. The molecule has 1 N–H and O–H groups in total. The Kier molecular flexibility index (Phi) is 3.60. The lowest BCUT2D eigenvalue weighted by Crippen LogP contribution is -1.97. The number of carbonyl (C=O) groups is 2. The average Bonchev–Trinajstić information content (AvgIpc) is 2.92. The maximum atomic E-state index is 13.3. The number of nitrogens with zero attached hydrogens (tertiary/aromatic N) is 3. The third kappa shape index (κ3) is 2.33. The molecule has 3 rings (SSSR count). The van der Waals surface area contributed by atoms with Crippen LogP contribution in [0.15, 0.2) is 36.5 Å². The van der Waals surface area contributed by atoms with E-state index < -0.39 is 5.97 Å². The zero-order valence-electron chi connectivity index (χ0n) is 10.9. The van der Waals surface area contributed by atoms with E-state index in [1.165, 1.54) is 22.3 Å². The summed E-state index contributed by atoms with van der Waals surface area (Å²) >= 11 is -0.0675. The van der Waals surface area contributed by atoms with Crippen molar-refractivity contribution in [2.45, 2.75) is 0 Å². The number of hydrogen-bond donors (Lipinski definition) is 1. The molecule has 3 aromatic rings. The minimum atomic E-state index is -1.07. The van der Waals surface area contributed by atoms with Gasteiger partial charge >= 0.3 is 5.97 Å². The highest BCUT2D eigenvalue weighted by atomic mass is 32.2. The predicted octanol–water partition coefficient (Wildman–Crippen LogP) is 2.99. The van der Waals surface area contributed by atoms with Crippen molar-refractivity contribution in [2.75, 3.05) is 0 Å². The first-order valence-corrected chi connectivity index (χ1v) is 6.78. The molecule has 8 heteroatoms. The number of carbonyl (C=O) groups excluding carboxylic acids is 1. The lowest BCUT2D eigenvalue weighted by molar-refractivity contribution is 0.0696. The number of aromatic carboxylic acids is 1. The summed E-state index contributed by atoms with van der Waals surface area (Å²) in [4.78, 5) is 29.9. The van der Waals surface area contributed by atoms with Gasteiger partial charge in [-0.3, -0.25) is 4.79 Å². The second kappa shape index (κ2) is 5.57. The van der Waals surface area contributed by atoms with Crippen molar-refractivity contribution < 1.29 is 18.6 Å². The number of aromatic nitrogens is 3. The number of fused-ring (bicyclic) bond motifs is 1. The Hall–Kier alpha value is -2.74. The summed E-state index contributed by atoms with van der Waals surface area (Å²) in [6.45, 7) is 0. The van der Waals surface area contributed by atoms with Crippen LogP contribution in [0.3, 0.4) is 0 Å². The summed E-state index contributed by atoms with van der Waals surface area (Å²) in [6, 6.07) is 7.67. The molecule has 0 atom stereocenters. The number of hydrogen-bond acceptors (Lipinski definition) is 5. The fraction of sp³-hybridized carbons (Fsp3) is 0. The smallest absolute Gasteiger partial charge is 0.335 e. The molecule has 22 heavy (non-hydrogen) atoms. The Balaban J connectivity index is 2.23. The molecule has 110 valence electrons. The van der Waals surface area contributed by atoms with Gasteiger partial charge < -0.3 is 5.11 Å². The highest BCUT2D eigenvalue weighted by Gasteiger charge is 2.15. The first-order chi connectivity index (χ1) is 10.6. The number of halogens is 1. The van der Waals surface area contributed by atoms with E-state index in [9.17, 15) is 13.5 Å². The molecule has 6 nitrogen and oxygen atoms in total. The Morgan fingerprint density at radius 2 is 2.18 bits per heavy atom. The van der Waals surface area contributed by atoms with Crippen LogP contribution < -0.4 is 0 Å². The van der Waals surface area contributed by atoms with E-state index in [1.54, 1.807) is 18.2 Å².